The van der Waals surface area contributed by atoms with Crippen molar-refractivity contribution in [1.29, 1.82) is 0 Å². The summed E-state index contributed by atoms with van der Waals surface area (Å²) in [4.78, 5) is 10.5. The second-order valence-corrected chi connectivity index (χ2v) is 5.66. The van der Waals surface area contributed by atoms with E-state index < -0.39 is 21.6 Å². The number of fused-ring (bicyclic) bond motifs is 1. The van der Waals surface area contributed by atoms with Crippen molar-refractivity contribution in [1.82, 2.24) is 0 Å². The Hall–Kier alpha value is -1.69. The van der Waals surface area contributed by atoms with Gasteiger partial charge in [-0.15, -0.1) is 0 Å². The summed E-state index contributed by atoms with van der Waals surface area (Å²) in [6, 6.07) is 3.40. The molecular formula is C11H9FO4S. The number of aliphatic carboxylic acids is 1. The smallest absolute Gasteiger partial charge is 0.303 e. The average molecular weight is 256 g/mol. The van der Waals surface area contributed by atoms with Crippen LogP contribution in [0.25, 0.3) is 6.08 Å². The zero-order valence-corrected chi connectivity index (χ0v) is 9.50. The van der Waals surface area contributed by atoms with Crippen LogP contribution in [-0.2, 0) is 14.6 Å². The third kappa shape index (κ3) is 2.08. The predicted octanol–water partition coefficient (Wildman–Crippen LogP) is 1.82. The summed E-state index contributed by atoms with van der Waals surface area (Å²) in [5, 5.41) is 8.52. The van der Waals surface area contributed by atoms with E-state index in [9.17, 15) is 17.6 Å². The predicted molar refractivity (Wildman–Crippen MR) is 58.4 cm³/mol. The molecule has 1 aliphatic heterocycles. The fourth-order valence-electron chi connectivity index (χ4n) is 1.71. The largest absolute Gasteiger partial charge is 0.481 e. The van der Waals surface area contributed by atoms with Gasteiger partial charge in [-0.2, -0.15) is 0 Å². The molecule has 0 atom stereocenters. The number of sulfone groups is 1. The highest BCUT2D eigenvalue weighted by Gasteiger charge is 2.29. The van der Waals surface area contributed by atoms with Crippen LogP contribution in [0.2, 0.25) is 0 Å². The van der Waals surface area contributed by atoms with E-state index in [4.69, 9.17) is 5.11 Å². The van der Waals surface area contributed by atoms with Crippen LogP contribution in [-0.4, -0.2) is 19.5 Å². The number of carboxylic acids is 1. The minimum absolute atomic E-state index is 0.0282. The van der Waals surface area contributed by atoms with Gasteiger partial charge in [-0.05, 0) is 36.3 Å². The Labute approximate surface area is 97.3 Å². The van der Waals surface area contributed by atoms with Crippen LogP contribution in [0.15, 0.2) is 28.0 Å². The molecule has 2 rings (SSSR count). The number of carboxylic acid groups (broad SMARTS) is 1. The standard InChI is InChI=1S/C11H9FO4S/c12-8-1-3-10-7(5-8)6-9(17(10,15)16)2-4-11(13)14/h1,3,5-6H,2,4H2,(H,13,14). The zero-order chi connectivity index (χ0) is 12.6. The maximum absolute atomic E-state index is 12.9. The molecule has 4 nitrogen and oxygen atoms in total. The van der Waals surface area contributed by atoms with Crippen molar-refractivity contribution in [2.24, 2.45) is 0 Å². The van der Waals surface area contributed by atoms with E-state index in [1.54, 1.807) is 0 Å². The van der Waals surface area contributed by atoms with Gasteiger partial charge >= 0.3 is 5.97 Å². The van der Waals surface area contributed by atoms with Crippen LogP contribution in [0.5, 0.6) is 0 Å². The first kappa shape index (κ1) is 11.8. The highest BCUT2D eigenvalue weighted by molar-refractivity contribution is 7.95. The summed E-state index contributed by atoms with van der Waals surface area (Å²) in [5.74, 6) is -1.59. The maximum Gasteiger partial charge on any atom is 0.303 e. The lowest BCUT2D eigenvalue weighted by atomic mass is 10.2. The van der Waals surface area contributed by atoms with Gasteiger partial charge in [-0.3, -0.25) is 4.79 Å². The van der Waals surface area contributed by atoms with Crippen molar-refractivity contribution in [3.63, 3.8) is 0 Å². The SMILES string of the molecule is O=C(O)CCC1=Cc2cc(F)ccc2S1(=O)=O. The van der Waals surface area contributed by atoms with E-state index >= 15 is 0 Å². The summed E-state index contributed by atoms with van der Waals surface area (Å²) < 4.78 is 36.8. The number of halogens is 1. The molecule has 0 amide bonds. The van der Waals surface area contributed by atoms with Crippen LogP contribution in [0.1, 0.15) is 18.4 Å². The summed E-state index contributed by atoms with van der Waals surface area (Å²) in [6.07, 6.45) is 0.992. The molecule has 17 heavy (non-hydrogen) atoms. The minimum Gasteiger partial charge on any atom is -0.481 e. The van der Waals surface area contributed by atoms with E-state index in [1.165, 1.54) is 12.1 Å². The highest BCUT2D eigenvalue weighted by atomic mass is 32.2. The van der Waals surface area contributed by atoms with E-state index in [1.807, 2.05) is 0 Å². The van der Waals surface area contributed by atoms with Gasteiger partial charge in [-0.1, -0.05) is 0 Å². The van der Waals surface area contributed by atoms with Gasteiger partial charge in [0.25, 0.3) is 0 Å². The lowest BCUT2D eigenvalue weighted by Crippen LogP contribution is -2.03. The lowest BCUT2D eigenvalue weighted by Gasteiger charge is -2.01. The van der Waals surface area contributed by atoms with Crippen molar-refractivity contribution < 1.29 is 22.7 Å². The molecule has 1 heterocycles. The van der Waals surface area contributed by atoms with Crippen LogP contribution in [0, 0.1) is 5.82 Å². The minimum atomic E-state index is -3.63. The number of hydrogen-bond donors (Lipinski definition) is 1. The van der Waals surface area contributed by atoms with E-state index in [-0.39, 0.29) is 28.2 Å². The van der Waals surface area contributed by atoms with Gasteiger partial charge in [0.2, 0.25) is 9.84 Å². The summed E-state index contributed by atoms with van der Waals surface area (Å²) >= 11 is 0. The lowest BCUT2D eigenvalue weighted by molar-refractivity contribution is -0.136. The fourth-order valence-corrected chi connectivity index (χ4v) is 3.32. The quantitative estimate of drug-likeness (QED) is 0.837. The van der Waals surface area contributed by atoms with E-state index in [0.717, 1.165) is 12.1 Å². The fraction of sp³-hybridized carbons (Fsp3) is 0.182. The van der Waals surface area contributed by atoms with Gasteiger partial charge in [0.05, 0.1) is 16.2 Å². The Morgan fingerprint density at radius 1 is 1.35 bits per heavy atom. The Balaban J connectivity index is 2.40. The Morgan fingerprint density at radius 2 is 2.06 bits per heavy atom. The van der Waals surface area contributed by atoms with Gasteiger partial charge in [0, 0.05) is 0 Å². The van der Waals surface area contributed by atoms with Crippen molar-refractivity contribution in [2.45, 2.75) is 17.7 Å². The molecule has 0 saturated heterocycles. The number of benzene rings is 1. The summed E-state index contributed by atoms with van der Waals surface area (Å²) in [6.45, 7) is 0. The van der Waals surface area contributed by atoms with Crippen LogP contribution >= 0.6 is 0 Å². The second kappa shape index (κ2) is 3.96. The number of allylic oxidation sites excluding steroid dienone is 1. The first-order valence-corrected chi connectivity index (χ1v) is 6.36. The van der Waals surface area contributed by atoms with Crippen molar-refractivity contribution in [2.75, 3.05) is 0 Å². The molecule has 1 aromatic carbocycles. The first-order valence-electron chi connectivity index (χ1n) is 4.88. The van der Waals surface area contributed by atoms with Crippen LogP contribution in [0.3, 0.4) is 0 Å². The third-order valence-corrected chi connectivity index (χ3v) is 4.47. The summed E-state index contributed by atoms with van der Waals surface area (Å²) in [7, 11) is -3.63. The summed E-state index contributed by atoms with van der Waals surface area (Å²) in [5.41, 5.74) is 0.283. The number of carbonyl (C=O) groups is 1. The van der Waals surface area contributed by atoms with Crippen LogP contribution < -0.4 is 0 Å². The van der Waals surface area contributed by atoms with Crippen molar-refractivity contribution in [3.05, 3.63) is 34.5 Å². The molecule has 0 aliphatic carbocycles. The zero-order valence-electron chi connectivity index (χ0n) is 8.68. The number of hydrogen-bond acceptors (Lipinski definition) is 3. The molecule has 6 heteroatoms. The van der Waals surface area contributed by atoms with Crippen molar-refractivity contribution in [3.8, 4) is 0 Å². The first-order chi connectivity index (χ1) is 7.91. The molecule has 0 spiro atoms. The van der Waals surface area contributed by atoms with Gasteiger partial charge < -0.3 is 5.11 Å². The van der Waals surface area contributed by atoms with Gasteiger partial charge in [0.1, 0.15) is 5.82 Å². The molecular weight excluding hydrogens is 247 g/mol. The van der Waals surface area contributed by atoms with Gasteiger partial charge in [0.15, 0.2) is 0 Å². The third-order valence-electron chi connectivity index (χ3n) is 2.51. The average Bonchev–Trinajstić information content (AvgIpc) is 2.46. The maximum atomic E-state index is 12.9. The molecule has 0 unspecified atom stereocenters. The Morgan fingerprint density at radius 3 is 2.71 bits per heavy atom. The highest BCUT2D eigenvalue weighted by Crippen LogP contribution is 2.35. The normalized spacial score (nSPS) is 16.4. The molecule has 1 aliphatic rings. The molecule has 1 aromatic rings. The monoisotopic (exact) mass is 256 g/mol. The number of rotatable bonds is 3. The molecule has 0 radical (unpaired) electrons. The van der Waals surface area contributed by atoms with E-state index in [2.05, 4.69) is 0 Å². The molecule has 90 valence electrons. The Bertz CT molecular complexity index is 616. The molecule has 0 aromatic heterocycles. The topological polar surface area (TPSA) is 71.4 Å². The molecule has 0 fully saturated rings. The van der Waals surface area contributed by atoms with Crippen molar-refractivity contribution >= 4 is 21.9 Å². The van der Waals surface area contributed by atoms with E-state index in [0.29, 0.717) is 0 Å². The Kier molecular flexibility index (Phi) is 2.74. The molecule has 0 bridgehead atoms. The second-order valence-electron chi connectivity index (χ2n) is 3.69. The molecule has 0 saturated carbocycles. The van der Waals surface area contributed by atoms with Gasteiger partial charge in [-0.25, -0.2) is 12.8 Å². The molecule has 1 N–H and O–H groups in total. The van der Waals surface area contributed by atoms with Crippen LogP contribution in [0.4, 0.5) is 4.39 Å².